The first kappa shape index (κ1) is 18.8. The van der Waals surface area contributed by atoms with Crippen LogP contribution in [0.4, 0.5) is 10.2 Å². The topological polar surface area (TPSA) is 97.7 Å². The van der Waals surface area contributed by atoms with Gasteiger partial charge in [0, 0.05) is 23.5 Å². The van der Waals surface area contributed by atoms with Gasteiger partial charge >= 0.3 is 5.97 Å². The Kier molecular flexibility index (Phi) is 4.65. The minimum Gasteiger partial charge on any atom is -0.477 e. The summed E-state index contributed by atoms with van der Waals surface area (Å²) < 4.78 is 16.0. The van der Waals surface area contributed by atoms with Crippen LogP contribution in [0, 0.1) is 12.7 Å². The monoisotopic (exact) mass is 389 g/mol. The summed E-state index contributed by atoms with van der Waals surface area (Å²) in [5.74, 6) is -1.41. The van der Waals surface area contributed by atoms with Crippen molar-refractivity contribution in [1.82, 2.24) is 9.38 Å². The summed E-state index contributed by atoms with van der Waals surface area (Å²) in [7, 11) is 0. The molecule has 0 unspecified atom stereocenters. The molecule has 3 aromatic heterocycles. The van der Waals surface area contributed by atoms with E-state index in [-0.39, 0.29) is 23.9 Å². The predicted octanol–water partition coefficient (Wildman–Crippen LogP) is 3.39. The van der Waals surface area contributed by atoms with Gasteiger partial charge in [-0.05, 0) is 55.0 Å². The van der Waals surface area contributed by atoms with Gasteiger partial charge < -0.3 is 10.8 Å². The minimum atomic E-state index is -1.31. The summed E-state index contributed by atoms with van der Waals surface area (Å²) in [6.45, 7) is 1.73. The first-order valence-corrected chi connectivity index (χ1v) is 8.22. The molecule has 0 spiro atoms. The molecular weight excluding hydrogens is 373 g/mol. The Balaban J connectivity index is 0.00000210. The van der Waals surface area contributed by atoms with Gasteiger partial charge in [-0.15, -0.1) is 12.4 Å². The van der Waals surface area contributed by atoms with Gasteiger partial charge in [-0.25, -0.2) is 14.2 Å². The van der Waals surface area contributed by atoms with Gasteiger partial charge in [-0.2, -0.15) is 0 Å². The van der Waals surface area contributed by atoms with Crippen LogP contribution >= 0.6 is 12.4 Å². The molecular formula is C19H17ClFN3O3. The molecule has 1 saturated carbocycles. The number of aromatic nitrogens is 2. The van der Waals surface area contributed by atoms with Crippen LogP contribution in [0.2, 0.25) is 0 Å². The number of rotatable bonds is 3. The van der Waals surface area contributed by atoms with E-state index in [2.05, 4.69) is 4.98 Å². The van der Waals surface area contributed by atoms with Crippen LogP contribution in [0.5, 0.6) is 0 Å². The number of aryl methyl sites for hydroxylation is 1. The lowest BCUT2D eigenvalue weighted by Crippen LogP contribution is -2.24. The van der Waals surface area contributed by atoms with E-state index in [4.69, 9.17) is 5.73 Å². The number of carboxylic acids is 1. The summed E-state index contributed by atoms with van der Waals surface area (Å²) in [4.78, 5) is 28.0. The van der Waals surface area contributed by atoms with E-state index in [0.29, 0.717) is 28.0 Å². The van der Waals surface area contributed by atoms with Crippen molar-refractivity contribution >= 4 is 29.7 Å². The summed E-state index contributed by atoms with van der Waals surface area (Å²) >= 11 is 0. The van der Waals surface area contributed by atoms with Crippen molar-refractivity contribution in [1.29, 1.82) is 0 Å². The number of nitrogens with zero attached hydrogens (tertiary/aromatic N) is 2. The summed E-state index contributed by atoms with van der Waals surface area (Å²) in [6.07, 6.45) is 4.39. The Bertz CT molecular complexity index is 1120. The van der Waals surface area contributed by atoms with E-state index in [9.17, 15) is 19.1 Å². The van der Waals surface area contributed by atoms with Gasteiger partial charge in [0.25, 0.3) is 5.56 Å². The Hall–Kier alpha value is -2.93. The number of hydrogen-bond donors (Lipinski definition) is 2. The maximum absolute atomic E-state index is 14.9. The second kappa shape index (κ2) is 6.66. The second-order valence-electron chi connectivity index (χ2n) is 6.57. The number of fused-ring (bicyclic) bond motifs is 1. The number of nitrogen functional groups attached to an aromatic ring is 1. The van der Waals surface area contributed by atoms with Crippen molar-refractivity contribution in [3.05, 3.63) is 63.5 Å². The SMILES string of the molecule is Cc1c(-c2ccc(N)nc2)c(F)cn2c(=O)c(C(=O)O)cc(C3CC3)c12.Cl. The van der Waals surface area contributed by atoms with Crippen molar-refractivity contribution in [3.63, 3.8) is 0 Å². The number of carboxylic acid groups (broad SMARTS) is 1. The number of aromatic carboxylic acids is 1. The number of anilines is 1. The van der Waals surface area contributed by atoms with Gasteiger partial charge in [-0.3, -0.25) is 9.20 Å². The van der Waals surface area contributed by atoms with Crippen LogP contribution in [-0.4, -0.2) is 20.5 Å². The quantitative estimate of drug-likeness (QED) is 0.715. The number of hydrogen-bond acceptors (Lipinski definition) is 4. The molecule has 3 heterocycles. The molecule has 27 heavy (non-hydrogen) atoms. The zero-order valence-electron chi connectivity index (χ0n) is 14.4. The van der Waals surface area contributed by atoms with Crippen LogP contribution in [0.3, 0.4) is 0 Å². The molecule has 0 atom stereocenters. The van der Waals surface area contributed by atoms with E-state index in [1.165, 1.54) is 12.3 Å². The molecule has 4 rings (SSSR count). The Morgan fingerprint density at radius 1 is 1.37 bits per heavy atom. The first-order chi connectivity index (χ1) is 12.4. The van der Waals surface area contributed by atoms with E-state index >= 15 is 0 Å². The second-order valence-corrected chi connectivity index (χ2v) is 6.57. The smallest absolute Gasteiger partial charge is 0.341 e. The standard InChI is InChI=1S/C19H16FN3O3.ClH/c1-9-16(11-4-5-15(21)22-7-11)14(20)8-23-17(9)12(10-2-3-10)6-13(18(23)24)19(25)26;/h4-8,10H,2-3H2,1H3,(H2,21,22)(H,25,26);1H. The molecule has 6 nitrogen and oxygen atoms in total. The van der Waals surface area contributed by atoms with Crippen molar-refractivity contribution in [2.24, 2.45) is 0 Å². The van der Waals surface area contributed by atoms with Gasteiger partial charge in [0.15, 0.2) is 0 Å². The molecule has 1 aliphatic rings. The molecule has 1 aliphatic carbocycles. The number of pyridine rings is 3. The molecule has 3 N–H and O–H groups in total. The van der Waals surface area contributed by atoms with E-state index in [0.717, 1.165) is 29.0 Å². The van der Waals surface area contributed by atoms with E-state index < -0.39 is 17.3 Å². The fraction of sp³-hybridized carbons (Fsp3) is 0.211. The van der Waals surface area contributed by atoms with Gasteiger partial charge in [0.05, 0.1) is 5.52 Å². The number of nitrogens with two attached hydrogens (primary N) is 1. The predicted molar refractivity (Wildman–Crippen MR) is 102 cm³/mol. The minimum absolute atomic E-state index is 0. The van der Waals surface area contributed by atoms with Crippen LogP contribution in [0.1, 0.15) is 40.2 Å². The molecule has 8 heteroatoms. The van der Waals surface area contributed by atoms with E-state index in [1.54, 1.807) is 19.1 Å². The molecule has 0 aliphatic heterocycles. The van der Waals surface area contributed by atoms with E-state index in [1.807, 2.05) is 0 Å². The molecule has 140 valence electrons. The highest BCUT2D eigenvalue weighted by atomic mass is 35.5. The fourth-order valence-corrected chi connectivity index (χ4v) is 3.42. The molecule has 0 radical (unpaired) electrons. The maximum atomic E-state index is 14.9. The lowest BCUT2D eigenvalue weighted by atomic mass is 9.97. The third-order valence-corrected chi connectivity index (χ3v) is 4.80. The lowest BCUT2D eigenvalue weighted by molar-refractivity contribution is 0.0694. The molecule has 0 aromatic carbocycles. The van der Waals surface area contributed by atoms with Crippen molar-refractivity contribution in [2.75, 3.05) is 5.73 Å². The zero-order chi connectivity index (χ0) is 18.6. The van der Waals surface area contributed by atoms with Crippen molar-refractivity contribution in [3.8, 4) is 11.1 Å². The highest BCUT2D eigenvalue weighted by Crippen LogP contribution is 2.43. The maximum Gasteiger partial charge on any atom is 0.341 e. The number of halogens is 2. The summed E-state index contributed by atoms with van der Waals surface area (Å²) in [6, 6.07) is 4.69. The van der Waals surface area contributed by atoms with Gasteiger partial charge in [-0.1, -0.05) is 0 Å². The van der Waals surface area contributed by atoms with Gasteiger partial charge in [0.1, 0.15) is 17.2 Å². The number of carbonyl (C=O) groups is 1. The molecule has 1 fully saturated rings. The summed E-state index contributed by atoms with van der Waals surface area (Å²) in [5, 5.41) is 9.32. The molecule has 0 amide bonds. The molecule has 0 bridgehead atoms. The van der Waals surface area contributed by atoms with Crippen LogP contribution in [0.25, 0.3) is 16.6 Å². The lowest BCUT2D eigenvalue weighted by Gasteiger charge is -2.16. The zero-order valence-corrected chi connectivity index (χ0v) is 15.2. The molecule has 0 saturated heterocycles. The highest BCUT2D eigenvalue weighted by Gasteiger charge is 2.30. The average Bonchev–Trinajstić information content (AvgIpc) is 3.42. The van der Waals surface area contributed by atoms with Crippen molar-refractivity contribution < 1.29 is 14.3 Å². The van der Waals surface area contributed by atoms with Crippen molar-refractivity contribution in [2.45, 2.75) is 25.7 Å². The first-order valence-electron chi connectivity index (χ1n) is 8.22. The average molecular weight is 390 g/mol. The Morgan fingerprint density at radius 3 is 2.63 bits per heavy atom. The van der Waals surface area contributed by atoms with Crippen LogP contribution < -0.4 is 11.3 Å². The Labute approximate surface area is 159 Å². The fourth-order valence-electron chi connectivity index (χ4n) is 3.42. The van der Waals surface area contributed by atoms with Crippen LogP contribution in [-0.2, 0) is 0 Å². The molecule has 3 aromatic rings. The Morgan fingerprint density at radius 2 is 2.07 bits per heavy atom. The highest BCUT2D eigenvalue weighted by molar-refractivity contribution is 5.89. The van der Waals surface area contributed by atoms with Crippen LogP contribution in [0.15, 0.2) is 35.4 Å². The third kappa shape index (κ3) is 3.04. The normalized spacial score (nSPS) is 13.4. The summed E-state index contributed by atoms with van der Waals surface area (Å²) in [5.41, 5.74) is 7.32. The largest absolute Gasteiger partial charge is 0.477 e. The van der Waals surface area contributed by atoms with Gasteiger partial charge in [0.2, 0.25) is 0 Å². The third-order valence-electron chi connectivity index (χ3n) is 4.80.